The first-order chi connectivity index (χ1) is 2.94. The van der Waals surface area contributed by atoms with E-state index in [1.807, 2.05) is 0 Å². The highest BCUT2D eigenvalue weighted by Crippen LogP contribution is 2.23. The van der Waals surface area contributed by atoms with Crippen LogP contribution in [0.4, 0.5) is 13.2 Å². The minimum absolute atomic E-state index is 1.68. The monoisotopic (exact) mass is 178 g/mol. The highest BCUT2D eigenvalue weighted by atomic mass is 79.9. The molecule has 1 atom stereocenters. The van der Waals surface area contributed by atoms with Crippen LogP contribution in [-0.2, 0) is 0 Å². The molecule has 0 bridgehead atoms. The molecule has 0 amide bonds. The molecule has 0 aliphatic heterocycles. The molecule has 7 heavy (non-hydrogen) atoms. The Bertz CT molecular complexity index is 58.4. The van der Waals surface area contributed by atoms with Gasteiger partial charge in [-0.2, -0.15) is 4.39 Å². The molecule has 5 heteroatoms. The summed E-state index contributed by atoms with van der Waals surface area (Å²) < 4.78 is 29.5. The van der Waals surface area contributed by atoms with E-state index >= 15 is 0 Å². The lowest BCUT2D eigenvalue weighted by Crippen LogP contribution is -2.22. The summed E-state index contributed by atoms with van der Waals surface area (Å²) in [5.41, 5.74) is 0. The molecule has 0 rings (SSSR count). The van der Waals surface area contributed by atoms with Crippen molar-refractivity contribution < 1.29 is 18.3 Å². The molecule has 0 aromatic rings. The van der Waals surface area contributed by atoms with Crippen LogP contribution >= 0.6 is 15.9 Å². The zero-order valence-electron chi connectivity index (χ0n) is 3.04. The van der Waals surface area contributed by atoms with E-state index in [4.69, 9.17) is 5.11 Å². The second-order valence-corrected chi connectivity index (χ2v) is 2.00. The van der Waals surface area contributed by atoms with E-state index in [0.717, 1.165) is 0 Å². The average molecular weight is 179 g/mol. The maximum Gasteiger partial charge on any atom is 0.324 e. The molecule has 1 unspecified atom stereocenters. The van der Waals surface area contributed by atoms with Gasteiger partial charge in [0.05, 0.1) is 0 Å². The molecule has 0 heterocycles. The van der Waals surface area contributed by atoms with E-state index in [2.05, 4.69) is 0 Å². The van der Waals surface area contributed by atoms with Gasteiger partial charge < -0.3 is 5.11 Å². The molecular formula is C2H2BrF3O. The van der Waals surface area contributed by atoms with Crippen LogP contribution in [0.1, 0.15) is 0 Å². The second kappa shape index (κ2) is 2.00. The highest BCUT2D eigenvalue weighted by molar-refractivity contribution is 9.10. The van der Waals surface area contributed by atoms with Gasteiger partial charge in [0.15, 0.2) is 0 Å². The molecule has 44 valence electrons. The Morgan fingerprint density at radius 2 is 1.71 bits per heavy atom. The van der Waals surface area contributed by atoms with Gasteiger partial charge in [-0.15, -0.1) is 0 Å². The normalized spacial score (nSPS) is 19.7. The molecular weight excluding hydrogens is 177 g/mol. The lowest BCUT2D eigenvalue weighted by molar-refractivity contribution is -0.108. The summed E-state index contributed by atoms with van der Waals surface area (Å²) in [7, 11) is 0. The lowest BCUT2D eigenvalue weighted by atomic mass is 10.7. The van der Waals surface area contributed by atoms with E-state index in [0.29, 0.717) is 0 Å². The van der Waals surface area contributed by atoms with E-state index in [-0.39, 0.29) is 0 Å². The van der Waals surface area contributed by atoms with Gasteiger partial charge in [0.2, 0.25) is 0 Å². The summed E-state index contributed by atoms with van der Waals surface area (Å²) in [5, 5.41) is 7.59. The van der Waals surface area contributed by atoms with Crippen LogP contribution in [0.25, 0.3) is 0 Å². The Morgan fingerprint density at radius 1 is 1.57 bits per heavy atom. The summed E-state index contributed by atoms with van der Waals surface area (Å²) in [4.78, 5) is 0. The van der Waals surface area contributed by atoms with Crippen molar-refractivity contribution in [3.63, 3.8) is 0 Å². The Kier molecular flexibility index (Phi) is 2.07. The smallest absolute Gasteiger partial charge is 0.324 e. The van der Waals surface area contributed by atoms with E-state index in [1.165, 1.54) is 0 Å². The molecule has 0 saturated carbocycles. The Hall–Kier alpha value is 0.230. The zero-order valence-corrected chi connectivity index (χ0v) is 4.62. The average Bonchev–Trinajstić information content (AvgIpc) is 1.31. The second-order valence-electron chi connectivity index (χ2n) is 0.888. The van der Waals surface area contributed by atoms with Gasteiger partial charge in [-0.05, 0) is 15.9 Å². The summed E-state index contributed by atoms with van der Waals surface area (Å²) in [6, 6.07) is 0. The molecule has 0 aromatic carbocycles. The number of hydrogen-bond acceptors (Lipinski definition) is 1. The third-order valence-electron chi connectivity index (χ3n) is 0.263. The fraction of sp³-hybridized carbons (Fsp3) is 1.00. The maximum absolute atomic E-state index is 11.2. The van der Waals surface area contributed by atoms with Gasteiger partial charge in [0.25, 0.3) is 0 Å². The SMILES string of the molecule is OC(F)(Br)C(F)F. The molecule has 1 N–H and O–H groups in total. The zero-order chi connectivity index (χ0) is 6.08. The first-order valence-electron chi connectivity index (χ1n) is 1.33. The Labute approximate surface area is 46.3 Å². The number of rotatable bonds is 1. The van der Waals surface area contributed by atoms with Crippen molar-refractivity contribution in [2.24, 2.45) is 0 Å². The molecule has 0 aliphatic rings. The Balaban J connectivity index is 3.54. The predicted octanol–water partition coefficient (Wildman–Crippen LogP) is 1.26. The molecule has 1 nitrogen and oxygen atoms in total. The lowest BCUT2D eigenvalue weighted by Gasteiger charge is -2.06. The van der Waals surface area contributed by atoms with Crippen LogP contribution in [0.3, 0.4) is 0 Å². The quantitative estimate of drug-likeness (QED) is 0.600. The van der Waals surface area contributed by atoms with Crippen molar-refractivity contribution in [3.05, 3.63) is 0 Å². The third kappa shape index (κ3) is 2.87. The van der Waals surface area contributed by atoms with Crippen molar-refractivity contribution in [1.82, 2.24) is 0 Å². The van der Waals surface area contributed by atoms with Crippen LogP contribution in [0.2, 0.25) is 0 Å². The maximum atomic E-state index is 11.2. The highest BCUT2D eigenvalue weighted by Gasteiger charge is 2.33. The van der Waals surface area contributed by atoms with Gasteiger partial charge in [0, 0.05) is 0 Å². The third-order valence-corrected chi connectivity index (χ3v) is 0.609. The van der Waals surface area contributed by atoms with Crippen LogP contribution in [0, 0.1) is 0 Å². The van der Waals surface area contributed by atoms with Crippen molar-refractivity contribution in [1.29, 1.82) is 0 Å². The molecule has 0 spiro atoms. The van der Waals surface area contributed by atoms with Gasteiger partial charge in [-0.25, -0.2) is 8.78 Å². The number of alkyl halides is 4. The van der Waals surface area contributed by atoms with Crippen LogP contribution in [-0.4, -0.2) is 16.3 Å². The van der Waals surface area contributed by atoms with E-state index < -0.39 is 11.2 Å². The topological polar surface area (TPSA) is 20.2 Å². The predicted molar refractivity (Wildman–Crippen MR) is 21.0 cm³/mol. The summed E-state index contributed by atoms with van der Waals surface area (Å²) in [6.45, 7) is 0. The first kappa shape index (κ1) is 7.23. The van der Waals surface area contributed by atoms with Crippen LogP contribution < -0.4 is 0 Å². The summed E-state index contributed by atoms with van der Waals surface area (Å²) in [5.74, 6) is 0. The van der Waals surface area contributed by atoms with Crippen LogP contribution in [0.15, 0.2) is 0 Å². The minimum Gasteiger partial charge on any atom is -0.349 e. The molecule has 0 radical (unpaired) electrons. The molecule has 0 aliphatic carbocycles. The fourth-order valence-corrected chi connectivity index (χ4v) is 0. The van der Waals surface area contributed by atoms with Crippen molar-refractivity contribution in [2.45, 2.75) is 11.2 Å². The first-order valence-corrected chi connectivity index (χ1v) is 2.12. The van der Waals surface area contributed by atoms with Gasteiger partial charge in [-0.1, -0.05) is 0 Å². The van der Waals surface area contributed by atoms with Gasteiger partial charge in [-0.3, -0.25) is 0 Å². The van der Waals surface area contributed by atoms with E-state index in [1.54, 1.807) is 15.9 Å². The van der Waals surface area contributed by atoms with Gasteiger partial charge >= 0.3 is 11.2 Å². The van der Waals surface area contributed by atoms with Crippen LogP contribution in [0.5, 0.6) is 0 Å². The minimum atomic E-state index is -3.52. The van der Waals surface area contributed by atoms with Gasteiger partial charge in [0.1, 0.15) is 0 Å². The Morgan fingerprint density at radius 3 is 1.71 bits per heavy atom. The van der Waals surface area contributed by atoms with E-state index in [9.17, 15) is 13.2 Å². The van der Waals surface area contributed by atoms with Crippen molar-refractivity contribution in [3.8, 4) is 0 Å². The summed E-state index contributed by atoms with van der Waals surface area (Å²) in [6.07, 6.45) is -3.40. The fourth-order valence-electron chi connectivity index (χ4n) is 0. The number of halogens is 4. The molecule has 0 aromatic heterocycles. The summed E-state index contributed by atoms with van der Waals surface area (Å²) >= 11 is 1.68. The largest absolute Gasteiger partial charge is 0.349 e. The van der Waals surface area contributed by atoms with Crippen molar-refractivity contribution in [2.75, 3.05) is 0 Å². The molecule has 0 fully saturated rings. The number of hydrogen-bond donors (Lipinski definition) is 1. The number of aliphatic hydroxyl groups is 1. The standard InChI is InChI=1S/C2H2BrF3O/c3-2(6,7)1(4)5/h1,7H. The molecule has 0 saturated heterocycles. The van der Waals surface area contributed by atoms with Crippen molar-refractivity contribution >= 4 is 15.9 Å².